The predicted molar refractivity (Wildman–Crippen MR) is 78.7 cm³/mol. The Kier molecular flexibility index (Phi) is 4.82. The number of hydrogen-bond donors (Lipinski definition) is 0. The van der Waals surface area contributed by atoms with E-state index in [9.17, 15) is 0 Å². The van der Waals surface area contributed by atoms with E-state index in [2.05, 4.69) is 26.2 Å². The van der Waals surface area contributed by atoms with E-state index < -0.39 is 0 Å². The van der Waals surface area contributed by atoms with Crippen LogP contribution in [0.3, 0.4) is 0 Å². The zero-order valence-corrected chi connectivity index (χ0v) is 13.1. The lowest BCUT2D eigenvalue weighted by molar-refractivity contribution is 0.414. The Morgan fingerprint density at radius 1 is 1.47 bits per heavy atom. The molecule has 0 aliphatic rings. The molecule has 0 saturated heterocycles. The van der Waals surface area contributed by atoms with Crippen LogP contribution in [-0.4, -0.2) is 22.1 Å². The van der Waals surface area contributed by atoms with Crippen molar-refractivity contribution in [2.45, 2.75) is 25.3 Å². The number of benzene rings is 1. The first-order valence-corrected chi connectivity index (χ1v) is 7.23. The Morgan fingerprint density at radius 2 is 2.26 bits per heavy atom. The predicted octanol–water partition coefficient (Wildman–Crippen LogP) is 3.79. The summed E-state index contributed by atoms with van der Waals surface area (Å²) in [6.07, 6.45) is 2.72. The number of rotatable bonds is 5. The summed E-state index contributed by atoms with van der Waals surface area (Å²) in [6, 6.07) is 5.85. The molecule has 19 heavy (non-hydrogen) atoms. The van der Waals surface area contributed by atoms with Crippen LogP contribution in [0.2, 0.25) is 0 Å². The maximum absolute atomic E-state index is 6.14. The van der Waals surface area contributed by atoms with E-state index >= 15 is 0 Å². The summed E-state index contributed by atoms with van der Waals surface area (Å²) in [7, 11) is 1.65. The average Bonchev–Trinajstić information content (AvgIpc) is 2.89. The SMILES string of the molecule is CCC(Cl)c1cn(Cc2cc(OC)ccc2Br)nn1. The quantitative estimate of drug-likeness (QED) is 0.775. The van der Waals surface area contributed by atoms with Gasteiger partial charge in [0, 0.05) is 4.47 Å². The van der Waals surface area contributed by atoms with Crippen molar-refractivity contribution in [2.75, 3.05) is 7.11 Å². The summed E-state index contributed by atoms with van der Waals surface area (Å²) in [5.41, 5.74) is 1.89. The van der Waals surface area contributed by atoms with Crippen molar-refractivity contribution in [2.24, 2.45) is 0 Å². The molecular weight excluding hydrogens is 330 g/mol. The molecule has 1 unspecified atom stereocenters. The second kappa shape index (κ2) is 6.39. The summed E-state index contributed by atoms with van der Waals surface area (Å²) in [5, 5.41) is 8.11. The van der Waals surface area contributed by atoms with Gasteiger partial charge < -0.3 is 4.74 Å². The lowest BCUT2D eigenvalue weighted by atomic mass is 10.2. The Bertz CT molecular complexity index is 559. The summed E-state index contributed by atoms with van der Waals surface area (Å²) < 4.78 is 8.02. The number of ether oxygens (including phenoxy) is 1. The van der Waals surface area contributed by atoms with Crippen LogP contribution in [0.4, 0.5) is 0 Å². The van der Waals surface area contributed by atoms with Gasteiger partial charge in [0.15, 0.2) is 0 Å². The highest BCUT2D eigenvalue weighted by molar-refractivity contribution is 9.10. The van der Waals surface area contributed by atoms with E-state index in [1.165, 1.54) is 0 Å². The fraction of sp³-hybridized carbons (Fsp3) is 0.385. The number of nitrogens with zero attached hydrogens (tertiary/aromatic N) is 3. The Labute approximate surface area is 125 Å². The molecule has 6 heteroatoms. The molecule has 1 aromatic carbocycles. The molecule has 0 amide bonds. The standard InChI is InChI=1S/C13H15BrClN3O/c1-3-12(15)13-8-18(17-16-13)7-9-6-10(19-2)4-5-11(9)14/h4-6,8,12H,3,7H2,1-2H3. The number of aromatic nitrogens is 3. The second-order valence-corrected chi connectivity index (χ2v) is 5.56. The molecule has 0 saturated carbocycles. The van der Waals surface area contributed by atoms with E-state index in [1.807, 2.05) is 31.3 Å². The minimum Gasteiger partial charge on any atom is -0.497 e. The summed E-state index contributed by atoms with van der Waals surface area (Å²) in [4.78, 5) is 0. The molecule has 0 fully saturated rings. The first-order chi connectivity index (χ1) is 9.13. The van der Waals surface area contributed by atoms with Gasteiger partial charge in [0.05, 0.1) is 25.2 Å². The van der Waals surface area contributed by atoms with Gasteiger partial charge in [-0.1, -0.05) is 28.1 Å². The molecule has 1 heterocycles. The van der Waals surface area contributed by atoms with Gasteiger partial charge in [-0.25, -0.2) is 4.68 Å². The van der Waals surface area contributed by atoms with Crippen molar-refractivity contribution in [3.05, 3.63) is 40.1 Å². The molecule has 0 N–H and O–H groups in total. The molecule has 1 aromatic heterocycles. The number of hydrogen-bond acceptors (Lipinski definition) is 3. The lowest BCUT2D eigenvalue weighted by Gasteiger charge is -2.07. The van der Waals surface area contributed by atoms with Crippen molar-refractivity contribution in [3.63, 3.8) is 0 Å². The van der Waals surface area contributed by atoms with Crippen LogP contribution in [0.5, 0.6) is 5.75 Å². The van der Waals surface area contributed by atoms with Gasteiger partial charge in [0.25, 0.3) is 0 Å². The van der Waals surface area contributed by atoms with Crippen molar-refractivity contribution >= 4 is 27.5 Å². The van der Waals surface area contributed by atoms with Gasteiger partial charge in [-0.3, -0.25) is 0 Å². The third kappa shape index (κ3) is 3.48. The maximum Gasteiger partial charge on any atom is 0.119 e. The van der Waals surface area contributed by atoms with E-state index in [4.69, 9.17) is 16.3 Å². The highest BCUT2D eigenvalue weighted by atomic mass is 79.9. The molecule has 102 valence electrons. The second-order valence-electron chi connectivity index (χ2n) is 4.17. The van der Waals surface area contributed by atoms with Gasteiger partial charge in [0.2, 0.25) is 0 Å². The van der Waals surface area contributed by atoms with E-state index in [0.717, 1.165) is 27.9 Å². The number of alkyl halides is 1. The molecule has 0 bridgehead atoms. The molecule has 2 rings (SSSR count). The third-order valence-corrected chi connectivity index (χ3v) is 4.13. The van der Waals surface area contributed by atoms with Crippen LogP contribution >= 0.6 is 27.5 Å². The Hall–Kier alpha value is -1.07. The van der Waals surface area contributed by atoms with Crippen LogP contribution < -0.4 is 4.74 Å². The van der Waals surface area contributed by atoms with E-state index in [1.54, 1.807) is 11.8 Å². The lowest BCUT2D eigenvalue weighted by Crippen LogP contribution is -2.01. The highest BCUT2D eigenvalue weighted by Gasteiger charge is 2.11. The molecule has 0 spiro atoms. The van der Waals surface area contributed by atoms with Gasteiger partial charge in [-0.15, -0.1) is 16.7 Å². The largest absolute Gasteiger partial charge is 0.497 e. The van der Waals surface area contributed by atoms with Crippen LogP contribution in [-0.2, 0) is 6.54 Å². The van der Waals surface area contributed by atoms with Crippen LogP contribution in [0.15, 0.2) is 28.9 Å². The van der Waals surface area contributed by atoms with Crippen LogP contribution in [0.25, 0.3) is 0 Å². The molecule has 0 aliphatic heterocycles. The van der Waals surface area contributed by atoms with E-state index in [-0.39, 0.29) is 5.38 Å². The average molecular weight is 345 g/mol. The minimum absolute atomic E-state index is 0.0810. The van der Waals surface area contributed by atoms with E-state index in [0.29, 0.717) is 6.54 Å². The van der Waals surface area contributed by atoms with Crippen molar-refractivity contribution in [3.8, 4) is 5.75 Å². The number of halogens is 2. The summed E-state index contributed by atoms with van der Waals surface area (Å²) in [6.45, 7) is 2.65. The van der Waals surface area contributed by atoms with Gasteiger partial charge >= 0.3 is 0 Å². The fourth-order valence-electron chi connectivity index (χ4n) is 1.72. The smallest absolute Gasteiger partial charge is 0.119 e. The van der Waals surface area contributed by atoms with Crippen LogP contribution in [0, 0.1) is 0 Å². The zero-order valence-electron chi connectivity index (χ0n) is 10.8. The fourth-order valence-corrected chi connectivity index (χ4v) is 2.19. The third-order valence-electron chi connectivity index (χ3n) is 2.82. The summed E-state index contributed by atoms with van der Waals surface area (Å²) in [5.74, 6) is 0.822. The van der Waals surface area contributed by atoms with Crippen molar-refractivity contribution in [1.82, 2.24) is 15.0 Å². The number of methoxy groups -OCH3 is 1. The van der Waals surface area contributed by atoms with Crippen molar-refractivity contribution < 1.29 is 4.74 Å². The monoisotopic (exact) mass is 343 g/mol. The normalized spacial score (nSPS) is 12.4. The topological polar surface area (TPSA) is 39.9 Å². The molecular formula is C13H15BrClN3O. The zero-order chi connectivity index (χ0) is 13.8. The van der Waals surface area contributed by atoms with Crippen LogP contribution in [0.1, 0.15) is 30.0 Å². The summed E-state index contributed by atoms with van der Waals surface area (Å²) >= 11 is 9.66. The van der Waals surface area contributed by atoms with Crippen molar-refractivity contribution in [1.29, 1.82) is 0 Å². The maximum atomic E-state index is 6.14. The molecule has 2 aromatic rings. The first kappa shape index (κ1) is 14.3. The van der Waals surface area contributed by atoms with Gasteiger partial charge in [-0.2, -0.15) is 0 Å². The Balaban J connectivity index is 2.19. The Morgan fingerprint density at radius 3 is 2.95 bits per heavy atom. The molecule has 0 radical (unpaired) electrons. The minimum atomic E-state index is -0.0810. The van der Waals surface area contributed by atoms with Gasteiger partial charge in [0.1, 0.15) is 11.4 Å². The molecule has 0 aliphatic carbocycles. The molecule has 1 atom stereocenters. The highest BCUT2D eigenvalue weighted by Crippen LogP contribution is 2.24. The van der Waals surface area contributed by atoms with Gasteiger partial charge in [-0.05, 0) is 30.2 Å². The first-order valence-electron chi connectivity index (χ1n) is 6.00. The molecule has 4 nitrogen and oxygen atoms in total.